The van der Waals surface area contributed by atoms with Crippen LogP contribution in [0.5, 0.6) is 11.5 Å². The number of H-pyrrole nitrogens is 1. The Kier molecular flexibility index (Phi) is 17.6. The number of fused-ring (bicyclic) bond motifs is 1. The summed E-state index contributed by atoms with van der Waals surface area (Å²) in [5, 5.41) is 11.4. The van der Waals surface area contributed by atoms with E-state index in [1.165, 1.54) is 5.56 Å². The van der Waals surface area contributed by atoms with Crippen molar-refractivity contribution in [2.75, 3.05) is 25.0 Å². The molecule has 7 rings (SSSR count). The monoisotopic (exact) mass is 963 g/mol. The second-order valence-corrected chi connectivity index (χ2v) is 25.9. The van der Waals surface area contributed by atoms with Crippen molar-refractivity contribution in [3.05, 3.63) is 166 Å². The van der Waals surface area contributed by atoms with Crippen LogP contribution in [0.1, 0.15) is 102 Å². The fourth-order valence-corrected chi connectivity index (χ4v) is 9.96. The van der Waals surface area contributed by atoms with Gasteiger partial charge in [0.15, 0.2) is 8.32 Å². The molecule has 1 heterocycles. The van der Waals surface area contributed by atoms with Crippen LogP contribution in [0.25, 0.3) is 28.1 Å². The quantitative estimate of drug-likeness (QED) is 0.0441. The lowest BCUT2D eigenvalue weighted by atomic mass is 9.91. The zero-order valence-corrected chi connectivity index (χ0v) is 43.5. The van der Waals surface area contributed by atoms with E-state index in [-0.39, 0.29) is 28.3 Å². The van der Waals surface area contributed by atoms with Crippen molar-refractivity contribution in [3.8, 4) is 22.6 Å². The van der Waals surface area contributed by atoms with Crippen molar-refractivity contribution < 1.29 is 23.4 Å². The number of rotatable bonds is 20. The smallest absolute Gasteiger partial charge is 0.411 e. The molecule has 1 aromatic heterocycles. The fraction of sp³-hybridized carbons (Fsp3) is 0.390. The van der Waals surface area contributed by atoms with Crippen molar-refractivity contribution in [2.24, 2.45) is 0 Å². The topological polar surface area (TPSA) is 123 Å². The van der Waals surface area contributed by atoms with Crippen LogP contribution in [0.4, 0.5) is 10.5 Å². The predicted octanol–water partition coefficient (Wildman–Crippen LogP) is 13.4. The summed E-state index contributed by atoms with van der Waals surface area (Å²) in [5.41, 5.74) is 7.51. The third kappa shape index (κ3) is 15.0. The van der Waals surface area contributed by atoms with Crippen LogP contribution >= 0.6 is 0 Å². The molecule has 6 aromatic rings. The number of carbonyl (C=O) groups is 1. The van der Waals surface area contributed by atoms with Crippen LogP contribution in [0.3, 0.4) is 0 Å². The molecular weight excluding hydrogens is 889 g/mol. The highest BCUT2D eigenvalue weighted by molar-refractivity contribution is 6.74. The summed E-state index contributed by atoms with van der Waals surface area (Å²) in [6, 6.07) is 42.5. The van der Waals surface area contributed by atoms with Crippen LogP contribution < -0.4 is 31.0 Å². The Labute approximate surface area is 416 Å². The normalized spacial score (nSPS) is 16.0. The molecule has 1 aliphatic carbocycles. The summed E-state index contributed by atoms with van der Waals surface area (Å²) in [4.78, 5) is 28.9. The average Bonchev–Trinajstić information content (AvgIpc) is 3.32. The van der Waals surface area contributed by atoms with E-state index in [1.54, 1.807) is 6.07 Å². The molecule has 0 bridgehead atoms. The molecule has 0 radical (unpaired) electrons. The first-order chi connectivity index (χ1) is 33.5. The summed E-state index contributed by atoms with van der Waals surface area (Å²) < 4.78 is 25.5. The van der Waals surface area contributed by atoms with Crippen LogP contribution in [-0.2, 0) is 22.2 Å². The molecule has 0 aliphatic heterocycles. The number of anilines is 1. The average molecular weight is 963 g/mol. The molecule has 1 aliphatic rings. The molecule has 1 atom stereocenters. The van der Waals surface area contributed by atoms with E-state index in [0.717, 1.165) is 89.7 Å². The molecule has 0 saturated heterocycles. The summed E-state index contributed by atoms with van der Waals surface area (Å²) in [6.45, 7) is 20.2. The van der Waals surface area contributed by atoms with Crippen molar-refractivity contribution >= 4 is 37.1 Å². The maximum Gasteiger partial charge on any atom is 0.411 e. The Morgan fingerprint density at radius 3 is 2.21 bits per heavy atom. The highest BCUT2D eigenvalue weighted by atomic mass is 28.4. The first-order valence-electron chi connectivity index (χ1n) is 25.0. The number of pyridine rings is 1. The first kappa shape index (κ1) is 51.9. The zero-order chi connectivity index (χ0) is 49.7. The molecular formula is C59H74N4O6Si. The number of nitrogens with one attached hydrogen (secondary N) is 4. The van der Waals surface area contributed by atoms with Gasteiger partial charge in [0.25, 0.3) is 0 Å². The van der Waals surface area contributed by atoms with E-state index in [0.29, 0.717) is 37.1 Å². The van der Waals surface area contributed by atoms with Crippen LogP contribution in [0.2, 0.25) is 18.1 Å². The Balaban J connectivity index is 0.912. The van der Waals surface area contributed by atoms with E-state index < -0.39 is 14.4 Å². The number of carbonyl (C=O) groups excluding carboxylic acids is 1. The highest BCUT2D eigenvalue weighted by Gasteiger charge is 2.40. The van der Waals surface area contributed by atoms with Gasteiger partial charge in [0.05, 0.1) is 23.9 Å². The Morgan fingerprint density at radius 1 is 0.800 bits per heavy atom. The van der Waals surface area contributed by atoms with Crippen LogP contribution in [0.15, 0.2) is 138 Å². The SMILES string of the molecule is CC(C)(C)NC1CCC(OC(=O)Nc2cc(/C=C/CCOc3ccc(CCNC[C@@H](O[Si](C)(C)C(C)(C)C)c4ccc(OCc5ccccc5)c5[nH]c(=O)ccc45)cc3)ccc2-c2ccccc2)CC1. The standard InChI is InChI=1S/C59H74N4O6Si/c1-58(2,3)63-46-25-29-48(30-26-46)68-57(65)61-52-39-43(24-31-49(52)45-20-13-10-14-21-45)17-15-16-38-66-47-27-22-42(23-28-47)36-37-60-40-54(69-70(7,8)59(4,5)6)50-32-34-53(56-51(50)33-35-55(64)62-56)67-41-44-18-11-9-12-19-44/h9-15,17-24,27-28,31-35,39,46,48,54,60,63H,16,25-26,29-30,36-38,40-41H2,1-8H3,(H,61,65)(H,62,64)/b17-15+/t46?,48?,54-/m1/s1. The lowest BCUT2D eigenvalue weighted by Crippen LogP contribution is -2.46. The maximum absolute atomic E-state index is 13.2. The van der Waals surface area contributed by atoms with Crippen molar-refractivity contribution in [1.82, 2.24) is 15.6 Å². The number of benzene rings is 5. The Morgan fingerprint density at radius 2 is 1.51 bits per heavy atom. The van der Waals surface area contributed by atoms with Gasteiger partial charge < -0.3 is 34.3 Å². The molecule has 70 heavy (non-hydrogen) atoms. The number of hydrogen-bond donors (Lipinski definition) is 4. The molecule has 10 nitrogen and oxygen atoms in total. The Hall–Kier alpha value is -5.98. The van der Waals surface area contributed by atoms with Crippen molar-refractivity contribution in [3.63, 3.8) is 0 Å². The number of ether oxygens (including phenoxy) is 3. The molecule has 1 fully saturated rings. The lowest BCUT2D eigenvalue weighted by Gasteiger charge is -2.39. The maximum atomic E-state index is 13.2. The van der Waals surface area contributed by atoms with Gasteiger partial charge in [-0.15, -0.1) is 0 Å². The highest BCUT2D eigenvalue weighted by Crippen LogP contribution is 2.41. The van der Waals surface area contributed by atoms with E-state index in [1.807, 2.05) is 91.0 Å². The van der Waals surface area contributed by atoms with Gasteiger partial charge in [-0.1, -0.05) is 124 Å². The fourth-order valence-electron chi connectivity index (χ4n) is 8.68. The second kappa shape index (κ2) is 23.8. The van der Waals surface area contributed by atoms with Crippen LogP contribution in [0, 0.1) is 0 Å². The predicted molar refractivity (Wildman–Crippen MR) is 289 cm³/mol. The van der Waals surface area contributed by atoms with E-state index in [2.05, 4.69) is 118 Å². The van der Waals surface area contributed by atoms with E-state index >= 15 is 0 Å². The van der Waals surface area contributed by atoms with Crippen LogP contribution in [-0.4, -0.2) is 56.8 Å². The largest absolute Gasteiger partial charge is 0.493 e. The first-order valence-corrected chi connectivity index (χ1v) is 27.9. The van der Waals surface area contributed by atoms with Crippen molar-refractivity contribution in [2.45, 2.75) is 129 Å². The minimum Gasteiger partial charge on any atom is -0.493 e. The van der Waals surface area contributed by atoms with Gasteiger partial charge in [-0.3, -0.25) is 10.1 Å². The molecule has 1 saturated carbocycles. The number of aromatic amines is 1. The number of hydrogen-bond acceptors (Lipinski definition) is 8. The summed E-state index contributed by atoms with van der Waals surface area (Å²) in [5.74, 6) is 1.46. The minimum atomic E-state index is -2.20. The van der Waals surface area contributed by atoms with Gasteiger partial charge in [-0.25, -0.2) is 4.79 Å². The van der Waals surface area contributed by atoms with Gasteiger partial charge >= 0.3 is 6.09 Å². The molecule has 11 heteroatoms. The van der Waals surface area contributed by atoms with Gasteiger partial charge in [-0.05, 0) is 142 Å². The molecule has 4 N–H and O–H groups in total. The van der Waals surface area contributed by atoms with Crippen molar-refractivity contribution in [1.29, 1.82) is 0 Å². The molecule has 5 aromatic carbocycles. The van der Waals surface area contributed by atoms with E-state index in [9.17, 15) is 9.59 Å². The summed E-state index contributed by atoms with van der Waals surface area (Å²) >= 11 is 0. The van der Waals surface area contributed by atoms with Gasteiger partial charge in [-0.2, -0.15) is 0 Å². The van der Waals surface area contributed by atoms with Gasteiger partial charge in [0.2, 0.25) is 5.56 Å². The van der Waals surface area contributed by atoms with Gasteiger partial charge in [0.1, 0.15) is 24.2 Å². The molecule has 0 unspecified atom stereocenters. The zero-order valence-electron chi connectivity index (χ0n) is 42.5. The van der Waals surface area contributed by atoms with Gasteiger partial charge in [0, 0.05) is 35.1 Å². The number of amides is 1. The lowest BCUT2D eigenvalue weighted by molar-refractivity contribution is 0.0762. The molecule has 370 valence electrons. The number of aromatic nitrogens is 1. The molecule has 1 amide bonds. The third-order valence-corrected chi connectivity index (χ3v) is 17.9. The summed E-state index contributed by atoms with van der Waals surface area (Å²) in [6.07, 6.45) is 8.65. The minimum absolute atomic E-state index is 0.00718. The Bertz CT molecular complexity index is 2700. The summed E-state index contributed by atoms with van der Waals surface area (Å²) in [7, 11) is -2.20. The third-order valence-electron chi connectivity index (χ3n) is 13.4. The van der Waals surface area contributed by atoms with E-state index in [4.69, 9.17) is 18.6 Å². The second-order valence-electron chi connectivity index (χ2n) is 21.1. The molecule has 0 spiro atoms.